The third kappa shape index (κ3) is 4.09. The molecule has 0 spiro atoms. The van der Waals surface area contributed by atoms with Crippen LogP contribution < -0.4 is 21.1 Å². The number of imidazole rings is 1. The molecule has 40 heavy (non-hydrogen) atoms. The zero-order valence-corrected chi connectivity index (χ0v) is 21.3. The van der Waals surface area contributed by atoms with E-state index in [0.717, 1.165) is 12.1 Å². The summed E-state index contributed by atoms with van der Waals surface area (Å²) in [6, 6.07) is 3.53. The summed E-state index contributed by atoms with van der Waals surface area (Å²) < 4.78 is 63.3. The van der Waals surface area contributed by atoms with Crippen molar-refractivity contribution in [2.45, 2.75) is 43.5 Å². The predicted octanol–water partition coefficient (Wildman–Crippen LogP) is 2.73. The zero-order valence-electron chi connectivity index (χ0n) is 21.3. The highest BCUT2D eigenvalue weighted by molar-refractivity contribution is 5.81. The van der Waals surface area contributed by atoms with Crippen LogP contribution in [0.25, 0.3) is 22.4 Å². The number of nitrogens with two attached hydrogens (primary N) is 2. The van der Waals surface area contributed by atoms with E-state index in [0.29, 0.717) is 35.3 Å². The molecular weight excluding hydrogens is 532 g/mol. The van der Waals surface area contributed by atoms with E-state index in [-0.39, 0.29) is 47.9 Å². The van der Waals surface area contributed by atoms with Crippen molar-refractivity contribution in [1.29, 1.82) is 0 Å². The lowest BCUT2D eigenvalue weighted by Gasteiger charge is -2.60. The van der Waals surface area contributed by atoms with Crippen LogP contribution in [0.2, 0.25) is 0 Å². The van der Waals surface area contributed by atoms with Crippen LogP contribution in [0.5, 0.6) is 5.75 Å². The van der Waals surface area contributed by atoms with Gasteiger partial charge in [-0.2, -0.15) is 0 Å². The van der Waals surface area contributed by atoms with Crippen LogP contribution in [0, 0.1) is 17.6 Å². The number of benzene rings is 1. The first-order valence-electron chi connectivity index (χ1n) is 12.6. The second kappa shape index (κ2) is 9.55. The molecule has 4 aromatic rings. The summed E-state index contributed by atoms with van der Waals surface area (Å²) in [7, 11) is 1.24. The number of methoxy groups -OCH3 is 1. The van der Waals surface area contributed by atoms with Crippen molar-refractivity contribution in [2.75, 3.05) is 24.3 Å². The number of aliphatic hydroxyl groups is 1. The quantitative estimate of drug-likeness (QED) is 0.292. The number of nitrogen functional groups attached to an aromatic ring is 1. The summed E-state index contributed by atoms with van der Waals surface area (Å²) in [5.74, 6) is -1.80. The summed E-state index contributed by atoms with van der Waals surface area (Å²) >= 11 is 0. The summed E-state index contributed by atoms with van der Waals surface area (Å²) in [6.45, 7) is 0.118. The van der Waals surface area contributed by atoms with Gasteiger partial charge in [-0.1, -0.05) is 0 Å². The highest BCUT2D eigenvalue weighted by atomic mass is 19.3. The number of pyridine rings is 1. The maximum Gasteiger partial charge on any atom is 0.265 e. The highest BCUT2D eigenvalue weighted by Gasteiger charge is 2.57. The number of hydrogen-bond donors (Lipinski definition) is 3. The van der Waals surface area contributed by atoms with Crippen LogP contribution in [0.4, 0.5) is 29.1 Å². The standard InChI is InChI=1S/C26H26F4N8O2/c1-40-20-6-16(27)15(5-17(20)28)18-2-12(8-37-11-36-21-24(31)34-10-35-25(21)37)19(7-33-18)38-9-26(32,22(39)23(29)30)13-3-14(38)4-13/h2,5-7,10-11,13-14,22-23,39H,3-4,8-9,32H2,1H3,(H2,31,34,35)/t13?,14?,22-,26+/m1/s1. The molecule has 0 unspecified atom stereocenters. The van der Waals surface area contributed by atoms with E-state index in [9.17, 15) is 22.7 Å². The van der Waals surface area contributed by atoms with Gasteiger partial charge in [0.05, 0.1) is 43.1 Å². The lowest BCUT2D eigenvalue weighted by atomic mass is 9.61. The third-order valence-electron chi connectivity index (χ3n) is 8.11. The molecule has 14 heteroatoms. The van der Waals surface area contributed by atoms with Gasteiger partial charge in [-0.25, -0.2) is 32.5 Å². The van der Waals surface area contributed by atoms with E-state index >= 15 is 0 Å². The summed E-state index contributed by atoms with van der Waals surface area (Å²) in [5.41, 5.74) is 12.9. The number of aromatic nitrogens is 5. The van der Waals surface area contributed by atoms with E-state index in [4.69, 9.17) is 16.2 Å². The Morgan fingerprint density at radius 3 is 2.62 bits per heavy atom. The molecule has 2 atom stereocenters. The van der Waals surface area contributed by atoms with Crippen molar-refractivity contribution in [2.24, 2.45) is 11.7 Å². The Labute approximate surface area is 225 Å². The molecule has 1 aromatic carbocycles. The fourth-order valence-corrected chi connectivity index (χ4v) is 5.79. The van der Waals surface area contributed by atoms with E-state index in [1.165, 1.54) is 26.0 Å². The monoisotopic (exact) mass is 558 g/mol. The molecule has 2 aliphatic heterocycles. The fraction of sp³-hybridized carbons (Fsp3) is 0.385. The summed E-state index contributed by atoms with van der Waals surface area (Å²) in [6.07, 6.45) is 0.358. The van der Waals surface area contributed by atoms with Crippen LogP contribution in [0.1, 0.15) is 18.4 Å². The topological polar surface area (TPSA) is 141 Å². The number of anilines is 2. The molecule has 2 bridgehead atoms. The van der Waals surface area contributed by atoms with Crippen molar-refractivity contribution in [1.82, 2.24) is 24.5 Å². The number of nitrogens with zero attached hydrogens (tertiary/aromatic N) is 6. The van der Waals surface area contributed by atoms with E-state index in [1.54, 1.807) is 10.6 Å². The highest BCUT2D eigenvalue weighted by Crippen LogP contribution is 2.49. The summed E-state index contributed by atoms with van der Waals surface area (Å²) in [5, 5.41) is 10.3. The third-order valence-corrected chi connectivity index (χ3v) is 8.11. The van der Waals surface area contributed by atoms with Crippen LogP contribution in [-0.4, -0.2) is 67.4 Å². The van der Waals surface area contributed by atoms with Crippen molar-refractivity contribution in [3.63, 3.8) is 0 Å². The average Bonchev–Trinajstić information content (AvgIpc) is 3.32. The van der Waals surface area contributed by atoms with Crippen LogP contribution >= 0.6 is 0 Å². The van der Waals surface area contributed by atoms with Gasteiger partial charge in [-0.05, 0) is 36.5 Å². The van der Waals surface area contributed by atoms with Gasteiger partial charge in [-0.3, -0.25) is 4.98 Å². The Kier molecular flexibility index (Phi) is 6.26. The molecule has 3 aliphatic rings. The number of piperidine rings is 2. The molecule has 3 aromatic heterocycles. The predicted molar refractivity (Wildman–Crippen MR) is 138 cm³/mol. The lowest BCUT2D eigenvalue weighted by molar-refractivity contribution is -0.0917. The molecule has 3 fully saturated rings. The van der Waals surface area contributed by atoms with Crippen LogP contribution in [0.15, 0.2) is 37.1 Å². The SMILES string of the molecule is COc1cc(F)c(-c2cc(Cn3cnc4c(N)ncnc43)c(N3C[C@@](N)([C@H](O)C(F)F)C4CC3C4)cn2)cc1F. The molecule has 1 saturated carbocycles. The second-order valence-corrected chi connectivity index (χ2v) is 10.3. The number of rotatable bonds is 7. The van der Waals surface area contributed by atoms with Crippen LogP contribution in [-0.2, 0) is 6.54 Å². The first kappa shape index (κ1) is 26.2. The Bertz CT molecular complexity index is 1590. The first-order chi connectivity index (χ1) is 19.1. The van der Waals surface area contributed by atoms with Gasteiger partial charge >= 0.3 is 0 Å². The Morgan fingerprint density at radius 2 is 1.90 bits per heavy atom. The molecule has 5 heterocycles. The minimum absolute atomic E-state index is 0.00869. The minimum atomic E-state index is -3.00. The number of hydrogen-bond acceptors (Lipinski definition) is 9. The molecule has 1 aliphatic carbocycles. The number of fused-ring (bicyclic) bond motifs is 3. The van der Waals surface area contributed by atoms with E-state index < -0.39 is 29.7 Å². The van der Waals surface area contributed by atoms with Crippen LogP contribution in [0.3, 0.4) is 0 Å². The first-order valence-corrected chi connectivity index (χ1v) is 12.6. The van der Waals surface area contributed by atoms with Gasteiger partial charge < -0.3 is 30.8 Å². The van der Waals surface area contributed by atoms with Crippen molar-refractivity contribution >= 4 is 22.7 Å². The molecule has 10 nitrogen and oxygen atoms in total. The molecule has 7 rings (SSSR count). The molecule has 5 N–H and O–H groups in total. The second-order valence-electron chi connectivity index (χ2n) is 10.3. The van der Waals surface area contributed by atoms with Crippen molar-refractivity contribution < 1.29 is 27.4 Å². The largest absolute Gasteiger partial charge is 0.494 e. The average molecular weight is 559 g/mol. The number of halogens is 4. The Morgan fingerprint density at radius 1 is 1.12 bits per heavy atom. The normalized spacial score (nSPS) is 22.9. The molecule has 0 amide bonds. The zero-order chi connectivity index (χ0) is 28.3. The van der Waals surface area contributed by atoms with Gasteiger partial charge in [0.1, 0.15) is 23.8 Å². The van der Waals surface area contributed by atoms with Crippen molar-refractivity contribution in [3.8, 4) is 17.0 Å². The molecular formula is C26H26F4N8O2. The summed E-state index contributed by atoms with van der Waals surface area (Å²) in [4.78, 5) is 18.8. The van der Waals surface area contributed by atoms with E-state index in [1.807, 2.05) is 4.90 Å². The Balaban J connectivity index is 1.46. The molecule has 210 valence electrons. The number of alkyl halides is 2. The van der Waals surface area contributed by atoms with Gasteiger partial charge in [0.15, 0.2) is 23.0 Å². The van der Waals surface area contributed by atoms with Crippen molar-refractivity contribution in [3.05, 3.63) is 54.2 Å². The van der Waals surface area contributed by atoms with Gasteiger partial charge in [0, 0.05) is 24.2 Å². The van der Waals surface area contributed by atoms with E-state index in [2.05, 4.69) is 19.9 Å². The molecule has 2 saturated heterocycles. The maximum atomic E-state index is 15.0. The maximum absolute atomic E-state index is 15.0. The molecule has 0 radical (unpaired) electrons. The van der Waals surface area contributed by atoms with Gasteiger partial charge in [-0.15, -0.1) is 0 Å². The lowest BCUT2D eigenvalue weighted by Crippen LogP contribution is -2.75. The van der Waals surface area contributed by atoms with Gasteiger partial charge in [0.25, 0.3) is 6.43 Å². The Hall–Kier alpha value is -4.04. The van der Waals surface area contributed by atoms with Gasteiger partial charge in [0.2, 0.25) is 0 Å². The smallest absolute Gasteiger partial charge is 0.265 e. The minimum Gasteiger partial charge on any atom is -0.494 e. The number of ether oxygens (including phenoxy) is 1. The fourth-order valence-electron chi connectivity index (χ4n) is 5.79. The number of aliphatic hydroxyl groups excluding tert-OH is 1.